The van der Waals surface area contributed by atoms with Crippen molar-refractivity contribution in [2.24, 2.45) is 5.73 Å². The maximum Gasteiger partial charge on any atom is 0.0707 e. The zero-order valence-corrected chi connectivity index (χ0v) is 7.14. The van der Waals surface area contributed by atoms with Crippen LogP contribution in [0.1, 0.15) is 5.56 Å². The van der Waals surface area contributed by atoms with E-state index < -0.39 is 0 Å². The highest BCUT2D eigenvalue weighted by Crippen LogP contribution is 2.16. The maximum atomic E-state index is 5.35. The Kier molecular flexibility index (Phi) is 1.96. The van der Waals surface area contributed by atoms with Gasteiger partial charge >= 0.3 is 0 Å². The molecule has 0 saturated carbocycles. The van der Waals surface area contributed by atoms with Crippen LogP contribution in [0, 0.1) is 0 Å². The number of benzene rings is 1. The van der Waals surface area contributed by atoms with E-state index in [1.807, 2.05) is 36.4 Å². The number of nitrogens with two attached hydrogens (primary N) is 1. The van der Waals surface area contributed by atoms with Gasteiger partial charge in [0.15, 0.2) is 0 Å². The van der Waals surface area contributed by atoms with Crippen LogP contribution >= 0.6 is 0 Å². The molecule has 2 aromatic rings. The molecule has 0 atom stereocenters. The Bertz CT molecular complexity index is 441. The molecule has 0 fully saturated rings. The number of hydrogen-bond acceptors (Lipinski definition) is 2. The smallest absolute Gasteiger partial charge is 0.0707 e. The number of nitrogens with zero attached hydrogens (tertiary/aromatic N) is 1. The van der Waals surface area contributed by atoms with E-state index in [9.17, 15) is 0 Å². The third-order valence-electron chi connectivity index (χ3n) is 1.96. The van der Waals surface area contributed by atoms with Crippen LogP contribution in [-0.2, 0) is 0 Å². The summed E-state index contributed by atoms with van der Waals surface area (Å²) in [7, 11) is 0. The van der Waals surface area contributed by atoms with Crippen LogP contribution < -0.4 is 5.73 Å². The van der Waals surface area contributed by atoms with Crippen molar-refractivity contribution < 1.29 is 0 Å². The van der Waals surface area contributed by atoms with E-state index in [1.54, 1.807) is 12.4 Å². The first-order chi connectivity index (χ1) is 6.42. The lowest BCUT2D eigenvalue weighted by Gasteiger charge is -1.99. The first-order valence-corrected chi connectivity index (χ1v) is 4.14. The van der Waals surface area contributed by atoms with Gasteiger partial charge in [-0.05, 0) is 30.0 Å². The highest BCUT2D eigenvalue weighted by molar-refractivity contribution is 5.87. The van der Waals surface area contributed by atoms with E-state index >= 15 is 0 Å². The molecule has 13 heavy (non-hydrogen) atoms. The molecule has 64 valence electrons. The molecule has 0 aliphatic heterocycles. The Hall–Kier alpha value is -1.83. The number of pyridine rings is 1. The van der Waals surface area contributed by atoms with E-state index in [0.29, 0.717) is 0 Å². The van der Waals surface area contributed by atoms with Gasteiger partial charge < -0.3 is 5.73 Å². The predicted molar refractivity (Wildman–Crippen MR) is 55.0 cm³/mol. The third kappa shape index (κ3) is 1.38. The second kappa shape index (κ2) is 3.27. The van der Waals surface area contributed by atoms with Crippen LogP contribution in [-0.4, -0.2) is 4.98 Å². The second-order valence-electron chi connectivity index (χ2n) is 2.78. The summed E-state index contributed by atoms with van der Waals surface area (Å²) in [6.07, 6.45) is 5.21. The fourth-order valence-corrected chi connectivity index (χ4v) is 1.38. The molecule has 0 aliphatic carbocycles. The van der Waals surface area contributed by atoms with Crippen LogP contribution in [0.15, 0.2) is 42.7 Å². The predicted octanol–water partition coefficient (Wildman–Crippen LogP) is 2.16. The van der Waals surface area contributed by atoms with Crippen LogP contribution in [0.25, 0.3) is 17.0 Å². The monoisotopic (exact) mass is 170 g/mol. The topological polar surface area (TPSA) is 38.9 Å². The molecule has 1 aromatic heterocycles. The fraction of sp³-hybridized carbons (Fsp3) is 0. The van der Waals surface area contributed by atoms with Crippen molar-refractivity contribution >= 4 is 17.0 Å². The average molecular weight is 170 g/mol. The standard InChI is InChI=1S/C11H10N2/c12-7-6-9-3-1-5-11-10(9)4-2-8-13-11/h1-8H,12H2/b7-6+. The zero-order chi connectivity index (χ0) is 9.10. The van der Waals surface area contributed by atoms with Crippen LogP contribution in [0.5, 0.6) is 0 Å². The summed E-state index contributed by atoms with van der Waals surface area (Å²) in [6.45, 7) is 0. The van der Waals surface area contributed by atoms with Crippen molar-refractivity contribution in [3.63, 3.8) is 0 Å². The Morgan fingerprint density at radius 1 is 1.15 bits per heavy atom. The van der Waals surface area contributed by atoms with Crippen molar-refractivity contribution in [1.82, 2.24) is 4.98 Å². The van der Waals surface area contributed by atoms with Gasteiger partial charge in [-0.2, -0.15) is 0 Å². The summed E-state index contributed by atoms with van der Waals surface area (Å²) in [5.74, 6) is 0. The minimum atomic E-state index is 0.998. The van der Waals surface area contributed by atoms with Gasteiger partial charge in [0.25, 0.3) is 0 Å². The average Bonchev–Trinajstić information content (AvgIpc) is 2.19. The van der Waals surface area contributed by atoms with E-state index in [4.69, 9.17) is 5.73 Å². The lowest BCUT2D eigenvalue weighted by atomic mass is 10.1. The lowest BCUT2D eigenvalue weighted by Crippen LogP contribution is -1.82. The van der Waals surface area contributed by atoms with Gasteiger partial charge in [0.2, 0.25) is 0 Å². The van der Waals surface area contributed by atoms with Crippen LogP contribution in [0.2, 0.25) is 0 Å². The van der Waals surface area contributed by atoms with Gasteiger partial charge in [0, 0.05) is 11.6 Å². The molecule has 0 radical (unpaired) electrons. The summed E-state index contributed by atoms with van der Waals surface area (Å²) in [4.78, 5) is 4.25. The molecule has 2 heteroatoms. The van der Waals surface area contributed by atoms with Crippen molar-refractivity contribution in [1.29, 1.82) is 0 Å². The minimum Gasteiger partial charge on any atom is -0.405 e. The molecule has 1 aromatic carbocycles. The van der Waals surface area contributed by atoms with Crippen molar-refractivity contribution in [3.8, 4) is 0 Å². The molecule has 0 saturated heterocycles. The van der Waals surface area contributed by atoms with Crippen molar-refractivity contribution in [2.75, 3.05) is 0 Å². The molecular weight excluding hydrogens is 160 g/mol. The second-order valence-corrected chi connectivity index (χ2v) is 2.78. The molecule has 2 N–H and O–H groups in total. The molecule has 2 rings (SSSR count). The quantitative estimate of drug-likeness (QED) is 0.712. The van der Waals surface area contributed by atoms with Gasteiger partial charge in [0.05, 0.1) is 5.52 Å². The Balaban J connectivity index is 2.75. The SMILES string of the molecule is N/C=C/c1cccc2ncccc12. The largest absolute Gasteiger partial charge is 0.405 e. The molecular formula is C11H10N2. The van der Waals surface area contributed by atoms with E-state index in [0.717, 1.165) is 16.5 Å². The summed E-state index contributed by atoms with van der Waals surface area (Å²) in [5.41, 5.74) is 7.45. The molecule has 0 spiro atoms. The van der Waals surface area contributed by atoms with E-state index in [-0.39, 0.29) is 0 Å². The molecule has 0 unspecified atom stereocenters. The summed E-state index contributed by atoms with van der Waals surface area (Å²) < 4.78 is 0. The van der Waals surface area contributed by atoms with Crippen LogP contribution in [0.4, 0.5) is 0 Å². The fourth-order valence-electron chi connectivity index (χ4n) is 1.38. The first kappa shape index (κ1) is 7.80. The molecule has 2 nitrogen and oxygen atoms in total. The van der Waals surface area contributed by atoms with Gasteiger partial charge in [-0.1, -0.05) is 18.2 Å². The summed E-state index contributed by atoms with van der Waals surface area (Å²) in [6, 6.07) is 9.95. The van der Waals surface area contributed by atoms with Crippen molar-refractivity contribution in [3.05, 3.63) is 48.3 Å². The maximum absolute atomic E-state index is 5.35. The first-order valence-electron chi connectivity index (χ1n) is 4.14. The number of aromatic nitrogens is 1. The highest BCUT2D eigenvalue weighted by atomic mass is 14.6. The van der Waals surface area contributed by atoms with Gasteiger partial charge in [-0.25, -0.2) is 0 Å². The van der Waals surface area contributed by atoms with Gasteiger partial charge in [0.1, 0.15) is 0 Å². The molecule has 0 bridgehead atoms. The summed E-state index contributed by atoms with van der Waals surface area (Å²) >= 11 is 0. The zero-order valence-electron chi connectivity index (χ0n) is 7.14. The Morgan fingerprint density at radius 2 is 2.08 bits per heavy atom. The minimum absolute atomic E-state index is 0.998. The number of fused-ring (bicyclic) bond motifs is 1. The molecule has 0 amide bonds. The highest BCUT2D eigenvalue weighted by Gasteiger charge is 1.95. The van der Waals surface area contributed by atoms with E-state index in [2.05, 4.69) is 4.98 Å². The normalized spacial score (nSPS) is 11.1. The Labute approximate surface area is 76.7 Å². The summed E-state index contributed by atoms with van der Waals surface area (Å²) in [5, 5.41) is 1.13. The van der Waals surface area contributed by atoms with Crippen molar-refractivity contribution in [2.45, 2.75) is 0 Å². The van der Waals surface area contributed by atoms with Gasteiger partial charge in [-0.15, -0.1) is 0 Å². The number of hydrogen-bond donors (Lipinski definition) is 1. The van der Waals surface area contributed by atoms with Crippen LogP contribution in [0.3, 0.4) is 0 Å². The number of rotatable bonds is 1. The van der Waals surface area contributed by atoms with Gasteiger partial charge in [-0.3, -0.25) is 4.98 Å². The Morgan fingerprint density at radius 3 is 2.92 bits per heavy atom. The third-order valence-corrected chi connectivity index (χ3v) is 1.96. The lowest BCUT2D eigenvalue weighted by molar-refractivity contribution is 1.41. The molecule has 1 heterocycles. The van der Waals surface area contributed by atoms with E-state index in [1.165, 1.54) is 0 Å². The molecule has 0 aliphatic rings.